The number of aromatic nitrogens is 2. The van der Waals surface area contributed by atoms with E-state index in [4.69, 9.17) is 11.6 Å². The Hall–Kier alpha value is -3.11. The summed E-state index contributed by atoms with van der Waals surface area (Å²) in [6, 6.07) is 17.8. The van der Waals surface area contributed by atoms with Gasteiger partial charge >= 0.3 is 0 Å². The van der Waals surface area contributed by atoms with Crippen LogP contribution < -0.4 is 5.32 Å². The third kappa shape index (κ3) is 3.92. The van der Waals surface area contributed by atoms with Crippen molar-refractivity contribution >= 4 is 11.6 Å². The number of nitrogens with one attached hydrogen (secondary N) is 1. The van der Waals surface area contributed by atoms with E-state index in [1.165, 1.54) is 0 Å². The first kappa shape index (κ1) is 19.6. The van der Waals surface area contributed by atoms with Crippen LogP contribution >= 0.6 is 11.6 Å². The highest BCUT2D eigenvalue weighted by Crippen LogP contribution is 2.33. The molecular formula is C23H23ClN4. The molecule has 1 N–H and O–H groups in total. The van der Waals surface area contributed by atoms with Crippen LogP contribution in [0.2, 0.25) is 5.02 Å². The summed E-state index contributed by atoms with van der Waals surface area (Å²) in [5.74, 6) is 1.32. The Morgan fingerprint density at radius 2 is 1.68 bits per heavy atom. The summed E-state index contributed by atoms with van der Waals surface area (Å²) in [7, 11) is 3.86. The van der Waals surface area contributed by atoms with Gasteiger partial charge in [0.15, 0.2) is 5.82 Å². The van der Waals surface area contributed by atoms with E-state index < -0.39 is 5.54 Å². The van der Waals surface area contributed by atoms with Crippen LogP contribution in [0.1, 0.15) is 11.4 Å². The first-order valence-corrected chi connectivity index (χ1v) is 9.26. The summed E-state index contributed by atoms with van der Waals surface area (Å²) in [6.07, 6.45) is 5.26. The predicted octanol–water partition coefficient (Wildman–Crippen LogP) is 4.85. The number of benzene rings is 2. The maximum absolute atomic E-state index is 6.19. The zero-order valence-electron chi connectivity index (χ0n) is 16.1. The molecule has 0 aliphatic heterocycles. The van der Waals surface area contributed by atoms with Crippen molar-refractivity contribution in [1.29, 1.82) is 0 Å². The molecule has 0 spiro atoms. The molecule has 0 aliphatic carbocycles. The first-order chi connectivity index (χ1) is 13.5. The van der Waals surface area contributed by atoms with E-state index in [-0.39, 0.29) is 0 Å². The maximum Gasteiger partial charge on any atom is 0.162 e. The highest BCUT2D eigenvalue weighted by atomic mass is 35.5. The fourth-order valence-electron chi connectivity index (χ4n) is 2.97. The molecule has 4 nitrogen and oxygen atoms in total. The van der Waals surface area contributed by atoms with Crippen LogP contribution in [0.25, 0.3) is 11.1 Å². The minimum atomic E-state index is -0.836. The SMILES string of the molecule is C=CC(NC(=C)N(C)C)(c1cccc(-c2cccc(Cl)c2)c1)c1ncccn1. The first-order valence-electron chi connectivity index (χ1n) is 8.88. The van der Waals surface area contributed by atoms with Gasteiger partial charge in [0.25, 0.3) is 0 Å². The average Bonchev–Trinajstić information content (AvgIpc) is 2.72. The zero-order valence-corrected chi connectivity index (χ0v) is 16.8. The number of hydrogen-bond donors (Lipinski definition) is 1. The lowest BCUT2D eigenvalue weighted by Crippen LogP contribution is -2.45. The summed E-state index contributed by atoms with van der Waals surface area (Å²) in [6.45, 7) is 8.22. The third-order valence-electron chi connectivity index (χ3n) is 4.58. The highest BCUT2D eigenvalue weighted by molar-refractivity contribution is 6.30. The molecule has 0 fully saturated rings. The zero-order chi connectivity index (χ0) is 20.1. The Kier molecular flexibility index (Phi) is 5.81. The van der Waals surface area contributed by atoms with Crippen LogP contribution in [0, 0.1) is 0 Å². The van der Waals surface area contributed by atoms with Crippen molar-refractivity contribution in [3.05, 3.63) is 108 Å². The molecule has 0 saturated carbocycles. The summed E-state index contributed by atoms with van der Waals surface area (Å²) < 4.78 is 0. The molecule has 0 aliphatic rings. The van der Waals surface area contributed by atoms with E-state index in [1.807, 2.05) is 61.5 Å². The molecule has 5 heteroatoms. The van der Waals surface area contributed by atoms with E-state index in [2.05, 4.69) is 40.6 Å². The van der Waals surface area contributed by atoms with E-state index in [0.717, 1.165) is 22.5 Å². The van der Waals surface area contributed by atoms with Gasteiger partial charge in [0.2, 0.25) is 0 Å². The fraction of sp³-hybridized carbons (Fsp3) is 0.130. The minimum absolute atomic E-state index is 0.594. The summed E-state index contributed by atoms with van der Waals surface area (Å²) in [4.78, 5) is 10.9. The van der Waals surface area contributed by atoms with Gasteiger partial charge in [-0.15, -0.1) is 0 Å². The second-order valence-corrected chi connectivity index (χ2v) is 7.08. The van der Waals surface area contributed by atoms with Crippen LogP contribution in [0.3, 0.4) is 0 Å². The van der Waals surface area contributed by atoms with Crippen molar-refractivity contribution in [3.8, 4) is 11.1 Å². The summed E-state index contributed by atoms with van der Waals surface area (Å²) in [5.41, 5.74) is 2.19. The number of hydrogen-bond acceptors (Lipinski definition) is 4. The Morgan fingerprint density at radius 3 is 2.29 bits per heavy atom. The van der Waals surface area contributed by atoms with Gasteiger partial charge < -0.3 is 10.2 Å². The van der Waals surface area contributed by atoms with Gasteiger partial charge in [-0.1, -0.05) is 61.2 Å². The van der Waals surface area contributed by atoms with Crippen molar-refractivity contribution in [2.45, 2.75) is 5.54 Å². The van der Waals surface area contributed by atoms with Crippen LogP contribution in [0.4, 0.5) is 0 Å². The van der Waals surface area contributed by atoms with Gasteiger partial charge in [-0.3, -0.25) is 0 Å². The number of halogens is 1. The monoisotopic (exact) mass is 390 g/mol. The lowest BCUT2D eigenvalue weighted by molar-refractivity contribution is 0.398. The smallest absolute Gasteiger partial charge is 0.162 e. The lowest BCUT2D eigenvalue weighted by Gasteiger charge is -2.34. The van der Waals surface area contributed by atoms with Crippen LogP contribution in [0.5, 0.6) is 0 Å². The molecule has 0 saturated heterocycles. The van der Waals surface area contributed by atoms with Crippen molar-refractivity contribution in [2.75, 3.05) is 14.1 Å². The van der Waals surface area contributed by atoms with E-state index in [9.17, 15) is 0 Å². The largest absolute Gasteiger partial charge is 0.365 e. The van der Waals surface area contributed by atoms with Crippen molar-refractivity contribution < 1.29 is 0 Å². The second-order valence-electron chi connectivity index (χ2n) is 6.64. The Balaban J connectivity index is 2.17. The molecule has 3 rings (SSSR count). The molecule has 1 heterocycles. The molecule has 28 heavy (non-hydrogen) atoms. The quantitative estimate of drug-likeness (QED) is 0.585. The molecule has 2 aromatic carbocycles. The van der Waals surface area contributed by atoms with Gasteiger partial charge in [0.1, 0.15) is 5.54 Å². The van der Waals surface area contributed by atoms with Crippen molar-refractivity contribution in [3.63, 3.8) is 0 Å². The number of nitrogens with zero attached hydrogens (tertiary/aromatic N) is 3. The second kappa shape index (κ2) is 8.28. The molecule has 1 unspecified atom stereocenters. The van der Waals surface area contributed by atoms with Gasteiger partial charge in [0, 0.05) is 31.5 Å². The molecule has 0 bridgehead atoms. The molecular weight excluding hydrogens is 368 g/mol. The van der Waals surface area contributed by atoms with Crippen LogP contribution in [-0.4, -0.2) is 29.0 Å². The standard InChI is InChI=1S/C23H23ClN4/c1-5-23(27-17(2)28(3)4,22-25-13-8-14-26-22)20-11-6-9-18(15-20)19-10-7-12-21(24)16-19/h5-16,27H,1-2H2,3-4H3. The molecule has 0 radical (unpaired) electrons. The van der Waals surface area contributed by atoms with Crippen LogP contribution in [0.15, 0.2) is 92.0 Å². The fourth-order valence-corrected chi connectivity index (χ4v) is 3.16. The van der Waals surface area contributed by atoms with Gasteiger partial charge in [0.05, 0.1) is 5.82 Å². The van der Waals surface area contributed by atoms with Crippen molar-refractivity contribution in [2.24, 2.45) is 0 Å². The molecule has 3 aromatic rings. The average molecular weight is 391 g/mol. The highest BCUT2D eigenvalue weighted by Gasteiger charge is 2.35. The topological polar surface area (TPSA) is 41.0 Å². The van der Waals surface area contributed by atoms with E-state index in [0.29, 0.717) is 10.8 Å². The normalized spacial score (nSPS) is 12.7. The Labute approximate surface area is 171 Å². The molecule has 142 valence electrons. The Morgan fingerprint density at radius 1 is 1.04 bits per heavy atom. The molecule has 1 atom stereocenters. The predicted molar refractivity (Wildman–Crippen MR) is 116 cm³/mol. The van der Waals surface area contributed by atoms with Crippen molar-refractivity contribution in [1.82, 2.24) is 20.2 Å². The number of rotatable bonds is 7. The summed E-state index contributed by atoms with van der Waals surface area (Å²) in [5, 5.41) is 4.16. The van der Waals surface area contributed by atoms with Gasteiger partial charge in [-0.25, -0.2) is 9.97 Å². The maximum atomic E-state index is 6.19. The third-order valence-corrected chi connectivity index (χ3v) is 4.82. The van der Waals surface area contributed by atoms with Gasteiger partial charge in [-0.05, 0) is 41.0 Å². The molecule has 0 amide bonds. The minimum Gasteiger partial charge on any atom is -0.365 e. The molecule has 1 aromatic heterocycles. The lowest BCUT2D eigenvalue weighted by atomic mass is 9.86. The Bertz CT molecular complexity index is 985. The van der Waals surface area contributed by atoms with E-state index >= 15 is 0 Å². The van der Waals surface area contributed by atoms with E-state index in [1.54, 1.807) is 18.5 Å². The summed E-state index contributed by atoms with van der Waals surface area (Å²) >= 11 is 6.19. The van der Waals surface area contributed by atoms with Gasteiger partial charge in [-0.2, -0.15) is 0 Å². The van der Waals surface area contributed by atoms with Crippen LogP contribution in [-0.2, 0) is 5.54 Å².